The largest absolute Gasteiger partial charge is 0.435 e. The van der Waals surface area contributed by atoms with Crippen LogP contribution in [0.5, 0.6) is 5.75 Å². The summed E-state index contributed by atoms with van der Waals surface area (Å²) in [7, 11) is 1.60. The van der Waals surface area contributed by atoms with Crippen molar-refractivity contribution in [1.29, 1.82) is 0 Å². The van der Waals surface area contributed by atoms with Gasteiger partial charge in [-0.15, -0.1) is 0 Å². The molecule has 1 fully saturated rings. The molecule has 24 heavy (non-hydrogen) atoms. The molecule has 1 heterocycles. The van der Waals surface area contributed by atoms with Crippen LogP contribution in [0.3, 0.4) is 0 Å². The molecule has 0 bridgehead atoms. The van der Waals surface area contributed by atoms with Gasteiger partial charge in [0.25, 0.3) is 0 Å². The summed E-state index contributed by atoms with van der Waals surface area (Å²) in [5, 5.41) is 6.26. The smallest absolute Gasteiger partial charge is 0.387 e. The van der Waals surface area contributed by atoms with Gasteiger partial charge in [0.1, 0.15) is 5.75 Å². The lowest BCUT2D eigenvalue weighted by atomic mass is 9.78. The van der Waals surface area contributed by atoms with E-state index in [1.54, 1.807) is 19.2 Å². The van der Waals surface area contributed by atoms with Gasteiger partial charge in [-0.1, -0.05) is 12.1 Å². The molecule has 7 heteroatoms. The van der Waals surface area contributed by atoms with Gasteiger partial charge in [0.05, 0.1) is 18.1 Å². The maximum atomic E-state index is 12.8. The van der Waals surface area contributed by atoms with Gasteiger partial charge in [0.2, 0.25) is 5.91 Å². The third-order valence-electron chi connectivity index (χ3n) is 4.42. The van der Waals surface area contributed by atoms with E-state index in [9.17, 15) is 13.6 Å². The summed E-state index contributed by atoms with van der Waals surface area (Å²) < 4.78 is 34.0. The number of rotatable bonds is 7. The number of halogens is 2. The molecule has 1 amide bonds. The summed E-state index contributed by atoms with van der Waals surface area (Å²) in [6, 6.07) is 6.06. The second-order valence-electron chi connectivity index (χ2n) is 6.11. The number of carbonyl (C=O) groups is 1. The fourth-order valence-corrected chi connectivity index (χ4v) is 2.99. The highest BCUT2D eigenvalue weighted by Crippen LogP contribution is 2.30. The second-order valence-corrected chi connectivity index (χ2v) is 6.11. The van der Waals surface area contributed by atoms with Gasteiger partial charge in [-0.05, 0) is 50.6 Å². The number of carbonyl (C=O) groups excluding carboxylic acids is 1. The Balaban J connectivity index is 2.01. The fourth-order valence-electron chi connectivity index (χ4n) is 2.99. The summed E-state index contributed by atoms with van der Waals surface area (Å²) in [6.07, 6.45) is 1.45. The van der Waals surface area contributed by atoms with E-state index in [4.69, 9.17) is 4.74 Å². The molecule has 5 nitrogen and oxygen atoms in total. The first-order chi connectivity index (χ1) is 11.5. The van der Waals surface area contributed by atoms with Crippen molar-refractivity contribution in [3.8, 4) is 5.75 Å². The molecular weight excluding hydrogens is 318 g/mol. The minimum absolute atomic E-state index is 0.0359. The van der Waals surface area contributed by atoms with Crippen LogP contribution >= 0.6 is 0 Å². The van der Waals surface area contributed by atoms with Crippen LogP contribution in [0.25, 0.3) is 0 Å². The lowest BCUT2D eigenvalue weighted by molar-refractivity contribution is -0.136. The first-order valence-electron chi connectivity index (χ1n) is 8.02. The van der Waals surface area contributed by atoms with E-state index >= 15 is 0 Å². The Morgan fingerprint density at radius 2 is 1.92 bits per heavy atom. The van der Waals surface area contributed by atoms with E-state index < -0.39 is 12.0 Å². The molecule has 1 aromatic rings. The van der Waals surface area contributed by atoms with Gasteiger partial charge >= 0.3 is 6.61 Å². The van der Waals surface area contributed by atoms with Crippen molar-refractivity contribution in [1.82, 2.24) is 10.6 Å². The Morgan fingerprint density at radius 3 is 2.46 bits per heavy atom. The molecule has 1 aromatic carbocycles. The average Bonchev–Trinajstić information content (AvgIpc) is 2.56. The van der Waals surface area contributed by atoms with Crippen molar-refractivity contribution in [3.05, 3.63) is 29.8 Å². The second kappa shape index (κ2) is 8.39. The summed E-state index contributed by atoms with van der Waals surface area (Å²) in [6.45, 7) is 0.966. The molecule has 0 aliphatic carbocycles. The summed E-state index contributed by atoms with van der Waals surface area (Å²) >= 11 is 0. The highest BCUT2D eigenvalue weighted by molar-refractivity contribution is 5.83. The molecule has 2 N–H and O–H groups in total. The number of hydrogen-bond donors (Lipinski definition) is 2. The molecule has 0 aromatic heterocycles. The molecule has 1 atom stereocenters. The fraction of sp³-hybridized carbons (Fsp3) is 0.588. The molecule has 0 radical (unpaired) electrons. The Labute approximate surface area is 140 Å². The molecule has 134 valence electrons. The molecule has 0 saturated carbocycles. The van der Waals surface area contributed by atoms with E-state index in [1.807, 2.05) is 6.92 Å². The average molecular weight is 342 g/mol. The number of ether oxygens (including phenoxy) is 2. The van der Waals surface area contributed by atoms with E-state index in [-0.39, 0.29) is 17.7 Å². The van der Waals surface area contributed by atoms with E-state index in [0.717, 1.165) is 31.5 Å². The van der Waals surface area contributed by atoms with Crippen molar-refractivity contribution >= 4 is 5.91 Å². The standard InChI is InChI=1S/C17H24F2N2O3/c1-12(13-3-5-14(6-4-13)24-16(18)19)21-15(22)17(11-23-2)7-9-20-10-8-17/h3-6,12,16,20H,7-11H2,1-2H3,(H,21,22). The van der Waals surface area contributed by atoms with Crippen LogP contribution in [0, 0.1) is 5.41 Å². The Bertz CT molecular complexity index is 526. The molecule has 0 spiro atoms. The number of nitrogens with one attached hydrogen (secondary N) is 2. The maximum absolute atomic E-state index is 12.8. The maximum Gasteiger partial charge on any atom is 0.387 e. The van der Waals surface area contributed by atoms with E-state index in [0.29, 0.717) is 6.61 Å². The summed E-state index contributed by atoms with van der Waals surface area (Å²) in [5.41, 5.74) is 0.305. The molecule has 1 aliphatic heterocycles. The topological polar surface area (TPSA) is 59.6 Å². The molecule has 1 saturated heterocycles. The van der Waals surface area contributed by atoms with Gasteiger partial charge in [-0.25, -0.2) is 0 Å². The van der Waals surface area contributed by atoms with Crippen molar-refractivity contribution < 1.29 is 23.0 Å². The number of piperidine rings is 1. The first-order valence-corrected chi connectivity index (χ1v) is 8.02. The zero-order valence-electron chi connectivity index (χ0n) is 14.0. The van der Waals surface area contributed by atoms with Crippen molar-refractivity contribution in [2.75, 3.05) is 26.8 Å². The van der Waals surface area contributed by atoms with Crippen LogP contribution in [0.15, 0.2) is 24.3 Å². The SMILES string of the molecule is COCC1(C(=O)NC(C)c2ccc(OC(F)F)cc2)CCNCC1. The lowest BCUT2D eigenvalue weighted by Gasteiger charge is -2.36. The summed E-state index contributed by atoms with van der Waals surface area (Å²) in [5.74, 6) is 0.0627. The minimum atomic E-state index is -2.85. The van der Waals surface area contributed by atoms with Crippen molar-refractivity contribution in [3.63, 3.8) is 0 Å². The van der Waals surface area contributed by atoms with Crippen LogP contribution in [0.2, 0.25) is 0 Å². The highest BCUT2D eigenvalue weighted by atomic mass is 19.3. The number of benzene rings is 1. The minimum Gasteiger partial charge on any atom is -0.435 e. The van der Waals surface area contributed by atoms with Crippen LogP contribution in [0.1, 0.15) is 31.4 Å². The predicted octanol–water partition coefficient (Wildman–Crippen LogP) is 2.48. The number of amides is 1. The molecule has 2 rings (SSSR count). The third kappa shape index (κ3) is 4.64. The zero-order chi connectivity index (χ0) is 17.6. The van der Waals surface area contributed by atoms with Crippen LogP contribution < -0.4 is 15.4 Å². The molecule has 1 unspecified atom stereocenters. The lowest BCUT2D eigenvalue weighted by Crippen LogP contribution is -2.50. The van der Waals surface area contributed by atoms with Gasteiger partial charge in [0, 0.05) is 7.11 Å². The normalized spacial score (nSPS) is 18.2. The van der Waals surface area contributed by atoms with Gasteiger partial charge in [-0.3, -0.25) is 4.79 Å². The van der Waals surface area contributed by atoms with Crippen LogP contribution in [-0.2, 0) is 9.53 Å². The zero-order valence-corrected chi connectivity index (χ0v) is 14.0. The van der Waals surface area contributed by atoms with Gasteiger partial charge in [-0.2, -0.15) is 8.78 Å². The summed E-state index contributed by atoms with van der Waals surface area (Å²) in [4.78, 5) is 12.8. The van der Waals surface area contributed by atoms with Crippen molar-refractivity contribution in [2.45, 2.75) is 32.4 Å². The molecular formula is C17H24F2N2O3. The monoisotopic (exact) mass is 342 g/mol. The van der Waals surface area contributed by atoms with Crippen molar-refractivity contribution in [2.24, 2.45) is 5.41 Å². The van der Waals surface area contributed by atoms with E-state index in [1.165, 1.54) is 12.1 Å². The molecule has 1 aliphatic rings. The third-order valence-corrected chi connectivity index (χ3v) is 4.42. The van der Waals surface area contributed by atoms with E-state index in [2.05, 4.69) is 15.4 Å². The number of methoxy groups -OCH3 is 1. The van der Waals surface area contributed by atoms with Crippen LogP contribution in [-0.4, -0.2) is 39.3 Å². The quantitative estimate of drug-likeness (QED) is 0.799. The Hall–Kier alpha value is -1.73. The first kappa shape index (κ1) is 18.6. The predicted molar refractivity (Wildman–Crippen MR) is 86.0 cm³/mol. The Morgan fingerprint density at radius 1 is 1.29 bits per heavy atom. The number of alkyl halides is 2. The van der Waals surface area contributed by atoms with Gasteiger partial charge in [0.15, 0.2) is 0 Å². The van der Waals surface area contributed by atoms with Crippen LogP contribution in [0.4, 0.5) is 8.78 Å². The Kier molecular flexibility index (Phi) is 6.51. The van der Waals surface area contributed by atoms with Gasteiger partial charge < -0.3 is 20.1 Å². The number of hydrogen-bond acceptors (Lipinski definition) is 4. The highest BCUT2D eigenvalue weighted by Gasteiger charge is 2.40.